The van der Waals surface area contributed by atoms with Gasteiger partial charge in [-0.05, 0) is 22.0 Å². The maximum atomic E-state index is 5.44. The van der Waals surface area contributed by atoms with Gasteiger partial charge in [0, 0.05) is 35.0 Å². The molecule has 0 amide bonds. The Bertz CT molecular complexity index is 577. The van der Waals surface area contributed by atoms with Crippen molar-refractivity contribution in [2.45, 2.75) is 13.2 Å². The van der Waals surface area contributed by atoms with E-state index >= 15 is 0 Å². The van der Waals surface area contributed by atoms with Gasteiger partial charge in [0.2, 0.25) is 0 Å². The van der Waals surface area contributed by atoms with Crippen LogP contribution in [0, 0.1) is 0 Å². The van der Waals surface area contributed by atoms with E-state index in [1.54, 1.807) is 18.4 Å². The fourth-order valence-electron chi connectivity index (χ4n) is 1.70. The average molecular weight is 358 g/mol. The Balaban J connectivity index is 2.19. The third-order valence-corrected chi connectivity index (χ3v) is 4.27. The van der Waals surface area contributed by atoms with E-state index in [9.17, 15) is 0 Å². The minimum Gasteiger partial charge on any atom is -0.377 e. The topological polar surface area (TPSA) is 76.3 Å². The van der Waals surface area contributed by atoms with Crippen LogP contribution in [0.25, 0.3) is 0 Å². The van der Waals surface area contributed by atoms with Gasteiger partial charge in [-0.2, -0.15) is 0 Å². The zero-order valence-corrected chi connectivity index (χ0v) is 13.7. The summed E-state index contributed by atoms with van der Waals surface area (Å²) in [7, 11) is 3.59. The van der Waals surface area contributed by atoms with Crippen LogP contribution < -0.4 is 16.2 Å². The number of nitrogens with two attached hydrogens (primary N) is 1. The lowest BCUT2D eigenvalue weighted by molar-refractivity contribution is 0.178. The summed E-state index contributed by atoms with van der Waals surface area (Å²) in [5.41, 5.74) is 2.55. The molecule has 0 aliphatic carbocycles. The normalized spacial score (nSPS) is 10.6. The molecule has 2 aromatic heterocycles. The van der Waals surface area contributed by atoms with E-state index in [4.69, 9.17) is 10.6 Å². The summed E-state index contributed by atoms with van der Waals surface area (Å²) in [5.74, 6) is 7.40. The van der Waals surface area contributed by atoms with Gasteiger partial charge in [0.25, 0.3) is 0 Å². The molecule has 0 aliphatic heterocycles. The molecular formula is C12H16BrN5OS. The molecule has 0 aromatic carbocycles. The number of anilines is 2. The number of hydrogen-bond donors (Lipinski definition) is 2. The number of hydrazine groups is 1. The second-order valence-electron chi connectivity index (χ2n) is 4.19. The number of halogens is 1. The fraction of sp³-hybridized carbons (Fsp3) is 0.333. The van der Waals surface area contributed by atoms with Crippen LogP contribution in [0.15, 0.2) is 22.0 Å². The quantitative estimate of drug-likeness (QED) is 0.610. The summed E-state index contributed by atoms with van der Waals surface area (Å²) in [6.07, 6.45) is 0. The van der Waals surface area contributed by atoms with Crippen LogP contribution in [-0.2, 0) is 17.9 Å². The van der Waals surface area contributed by atoms with Crippen molar-refractivity contribution in [1.82, 2.24) is 9.97 Å². The highest BCUT2D eigenvalue weighted by Crippen LogP contribution is 2.23. The van der Waals surface area contributed by atoms with E-state index in [0.717, 1.165) is 16.8 Å². The molecular weight excluding hydrogens is 342 g/mol. The van der Waals surface area contributed by atoms with E-state index in [0.29, 0.717) is 18.2 Å². The Morgan fingerprint density at radius 1 is 1.45 bits per heavy atom. The van der Waals surface area contributed by atoms with Gasteiger partial charge in [0.05, 0.1) is 6.54 Å². The van der Waals surface area contributed by atoms with Crippen LogP contribution in [0.2, 0.25) is 0 Å². The number of nitrogens with one attached hydrogen (secondary N) is 1. The van der Waals surface area contributed by atoms with Gasteiger partial charge in [-0.15, -0.1) is 11.3 Å². The molecule has 0 saturated heterocycles. The highest BCUT2D eigenvalue weighted by molar-refractivity contribution is 9.10. The van der Waals surface area contributed by atoms with Crippen LogP contribution in [0.5, 0.6) is 0 Å². The predicted molar refractivity (Wildman–Crippen MR) is 84.7 cm³/mol. The van der Waals surface area contributed by atoms with Gasteiger partial charge in [-0.1, -0.05) is 0 Å². The number of nitrogen functional groups attached to an aromatic ring is 1. The van der Waals surface area contributed by atoms with Crippen molar-refractivity contribution in [3.63, 3.8) is 0 Å². The molecule has 2 heterocycles. The molecule has 0 aliphatic rings. The molecule has 8 heteroatoms. The van der Waals surface area contributed by atoms with E-state index in [-0.39, 0.29) is 0 Å². The van der Waals surface area contributed by atoms with E-state index in [2.05, 4.69) is 42.8 Å². The first-order valence-electron chi connectivity index (χ1n) is 5.90. The summed E-state index contributed by atoms with van der Waals surface area (Å²) in [5, 5.41) is 2.06. The Hall–Kier alpha value is -1.22. The van der Waals surface area contributed by atoms with Gasteiger partial charge in [0.1, 0.15) is 18.2 Å². The van der Waals surface area contributed by atoms with Crippen molar-refractivity contribution in [1.29, 1.82) is 0 Å². The third kappa shape index (κ3) is 3.89. The summed E-state index contributed by atoms with van der Waals surface area (Å²) in [6.45, 7) is 1.12. The zero-order valence-electron chi connectivity index (χ0n) is 11.3. The molecule has 0 radical (unpaired) electrons. The van der Waals surface area contributed by atoms with Crippen LogP contribution in [0.4, 0.5) is 11.6 Å². The minimum atomic E-state index is 0.348. The second-order valence-corrected chi connectivity index (χ2v) is 6.10. The molecule has 0 atom stereocenters. The van der Waals surface area contributed by atoms with Crippen molar-refractivity contribution in [2.24, 2.45) is 5.84 Å². The van der Waals surface area contributed by atoms with Crippen LogP contribution >= 0.6 is 27.3 Å². The van der Waals surface area contributed by atoms with Gasteiger partial charge >= 0.3 is 0 Å². The van der Waals surface area contributed by atoms with Crippen molar-refractivity contribution >= 4 is 38.9 Å². The van der Waals surface area contributed by atoms with E-state index in [1.165, 1.54) is 4.88 Å². The lowest BCUT2D eigenvalue weighted by atomic mass is 10.4. The molecule has 0 saturated carbocycles. The van der Waals surface area contributed by atoms with Gasteiger partial charge in [0.15, 0.2) is 5.82 Å². The first-order chi connectivity index (χ1) is 9.62. The Labute approximate surface area is 130 Å². The molecule has 2 aromatic rings. The van der Waals surface area contributed by atoms with Gasteiger partial charge < -0.3 is 15.1 Å². The standard InChI is InChI=1S/C12H16BrN5OS/c1-18(5-9-3-8(13)7-20-9)12-4-10(17-14)15-11(16-12)6-19-2/h3-4,7H,5-6,14H2,1-2H3,(H,15,16,17). The molecule has 0 unspecified atom stereocenters. The Morgan fingerprint density at radius 3 is 2.85 bits per heavy atom. The van der Waals surface area contributed by atoms with Crippen molar-refractivity contribution in [3.05, 3.63) is 32.7 Å². The number of rotatable bonds is 6. The zero-order chi connectivity index (χ0) is 14.5. The summed E-state index contributed by atoms with van der Waals surface area (Å²) in [6, 6.07) is 3.91. The number of aromatic nitrogens is 2. The number of hydrogen-bond acceptors (Lipinski definition) is 7. The number of methoxy groups -OCH3 is 1. The Kier molecular flexibility index (Phi) is 5.30. The SMILES string of the molecule is COCc1nc(NN)cc(N(C)Cc2cc(Br)cs2)n1. The lowest BCUT2D eigenvalue weighted by Gasteiger charge is -2.18. The molecule has 6 nitrogen and oxygen atoms in total. The third-order valence-electron chi connectivity index (χ3n) is 2.59. The van der Waals surface area contributed by atoms with Crippen LogP contribution in [-0.4, -0.2) is 24.1 Å². The molecule has 0 spiro atoms. The van der Waals surface area contributed by atoms with Crippen molar-refractivity contribution < 1.29 is 4.74 Å². The Morgan fingerprint density at radius 2 is 2.25 bits per heavy atom. The van der Waals surface area contributed by atoms with Gasteiger partial charge in [-0.3, -0.25) is 0 Å². The molecule has 0 fully saturated rings. The number of ether oxygens (including phenoxy) is 1. The van der Waals surface area contributed by atoms with Crippen LogP contribution in [0.1, 0.15) is 10.7 Å². The minimum absolute atomic E-state index is 0.348. The molecule has 0 bridgehead atoms. The van der Waals surface area contributed by atoms with Crippen molar-refractivity contribution in [2.75, 3.05) is 24.5 Å². The second kappa shape index (κ2) is 6.98. The highest BCUT2D eigenvalue weighted by Gasteiger charge is 2.10. The predicted octanol–water partition coefficient (Wildman–Crippen LogP) is 2.37. The first kappa shape index (κ1) is 15.2. The smallest absolute Gasteiger partial charge is 0.158 e. The average Bonchev–Trinajstić information content (AvgIpc) is 2.84. The number of thiophene rings is 1. The lowest BCUT2D eigenvalue weighted by Crippen LogP contribution is -2.19. The molecule has 3 N–H and O–H groups in total. The molecule has 108 valence electrons. The molecule has 20 heavy (non-hydrogen) atoms. The molecule has 2 rings (SSSR count). The first-order valence-corrected chi connectivity index (χ1v) is 7.57. The maximum Gasteiger partial charge on any atom is 0.158 e. The van der Waals surface area contributed by atoms with E-state index in [1.807, 2.05) is 18.0 Å². The summed E-state index contributed by atoms with van der Waals surface area (Å²) < 4.78 is 6.16. The fourth-order valence-corrected chi connectivity index (χ4v) is 3.20. The largest absolute Gasteiger partial charge is 0.377 e. The van der Waals surface area contributed by atoms with Gasteiger partial charge in [-0.25, -0.2) is 15.8 Å². The summed E-state index contributed by atoms with van der Waals surface area (Å²) >= 11 is 5.16. The van der Waals surface area contributed by atoms with Crippen LogP contribution in [0.3, 0.4) is 0 Å². The monoisotopic (exact) mass is 357 g/mol. The summed E-state index contributed by atoms with van der Waals surface area (Å²) in [4.78, 5) is 12.0. The highest BCUT2D eigenvalue weighted by atomic mass is 79.9. The van der Waals surface area contributed by atoms with E-state index < -0.39 is 0 Å². The van der Waals surface area contributed by atoms with Crippen molar-refractivity contribution in [3.8, 4) is 0 Å². The number of nitrogens with zero attached hydrogens (tertiary/aromatic N) is 3. The maximum absolute atomic E-state index is 5.44.